The third kappa shape index (κ3) is 6.47. The molecule has 1 amide bonds. The summed E-state index contributed by atoms with van der Waals surface area (Å²) in [6, 6.07) is 7.14. The van der Waals surface area contributed by atoms with E-state index in [4.69, 9.17) is 15.2 Å². The number of benzene rings is 1. The van der Waals surface area contributed by atoms with Crippen LogP contribution in [0, 0.1) is 31.4 Å². The van der Waals surface area contributed by atoms with Crippen molar-refractivity contribution in [2.75, 3.05) is 13.2 Å². The van der Waals surface area contributed by atoms with Crippen LogP contribution in [0.25, 0.3) is 5.52 Å². The molecular weight excluding hydrogens is 528 g/mol. The second-order valence-corrected chi connectivity index (χ2v) is 10.4. The average molecular weight is 561 g/mol. The molecule has 0 aliphatic heterocycles. The number of halogens is 4. The maximum atomic E-state index is 14.1. The highest BCUT2D eigenvalue weighted by Crippen LogP contribution is 2.30. The van der Waals surface area contributed by atoms with Crippen LogP contribution in [0.15, 0.2) is 54.1 Å². The monoisotopic (exact) mass is 560 g/mol. The van der Waals surface area contributed by atoms with Crippen molar-refractivity contribution in [3.05, 3.63) is 88.1 Å². The Kier molecular flexibility index (Phi) is 8.53. The molecule has 2 heterocycles. The van der Waals surface area contributed by atoms with Crippen LogP contribution in [0.4, 0.5) is 17.6 Å². The second-order valence-electron chi connectivity index (χ2n) is 10.4. The molecule has 40 heavy (non-hydrogen) atoms. The van der Waals surface area contributed by atoms with Gasteiger partial charge in [-0.3, -0.25) is 4.79 Å². The molecule has 1 aliphatic carbocycles. The van der Waals surface area contributed by atoms with Gasteiger partial charge in [-0.25, -0.2) is 22.1 Å². The van der Waals surface area contributed by atoms with Crippen molar-refractivity contribution in [3.8, 4) is 5.88 Å². The number of aromatic nitrogens is 2. The molecule has 214 valence electrons. The van der Waals surface area contributed by atoms with Crippen LogP contribution in [0.5, 0.6) is 5.88 Å². The van der Waals surface area contributed by atoms with E-state index in [0.29, 0.717) is 16.8 Å². The highest BCUT2D eigenvalue weighted by atomic mass is 19.2. The van der Waals surface area contributed by atoms with E-state index in [0.717, 1.165) is 23.8 Å². The van der Waals surface area contributed by atoms with Crippen LogP contribution >= 0.6 is 0 Å². The van der Waals surface area contributed by atoms with E-state index in [2.05, 4.69) is 10.4 Å². The Morgan fingerprint density at radius 1 is 1.12 bits per heavy atom. The van der Waals surface area contributed by atoms with Gasteiger partial charge in [0.1, 0.15) is 36.4 Å². The quantitative estimate of drug-likeness (QED) is 0.344. The van der Waals surface area contributed by atoms with Crippen LogP contribution in [0.2, 0.25) is 0 Å². The van der Waals surface area contributed by atoms with Crippen LogP contribution in [-0.2, 0) is 22.6 Å². The van der Waals surface area contributed by atoms with Gasteiger partial charge in [0, 0.05) is 18.2 Å². The Morgan fingerprint density at radius 2 is 1.82 bits per heavy atom. The topological polar surface area (TPSA) is 90.9 Å². The molecule has 2 aromatic heterocycles. The van der Waals surface area contributed by atoms with E-state index in [1.165, 1.54) is 23.6 Å². The van der Waals surface area contributed by atoms with E-state index in [1.54, 1.807) is 19.9 Å². The summed E-state index contributed by atoms with van der Waals surface area (Å²) in [5, 5.41) is 7.28. The van der Waals surface area contributed by atoms with Gasteiger partial charge >= 0.3 is 0 Å². The van der Waals surface area contributed by atoms with E-state index in [1.807, 2.05) is 13.0 Å². The lowest BCUT2D eigenvalue weighted by molar-refractivity contribution is -0.120. The fraction of sp³-hybridized carbons (Fsp3) is 0.379. The van der Waals surface area contributed by atoms with Crippen LogP contribution in [0.3, 0.4) is 0 Å². The molecular formula is C29H32F4N4O3. The van der Waals surface area contributed by atoms with E-state index in [-0.39, 0.29) is 49.3 Å². The first-order valence-electron chi connectivity index (χ1n) is 12.8. The zero-order valence-electron chi connectivity index (χ0n) is 22.7. The van der Waals surface area contributed by atoms with Crippen molar-refractivity contribution in [2.24, 2.45) is 11.7 Å². The van der Waals surface area contributed by atoms with Gasteiger partial charge in [0.15, 0.2) is 6.17 Å². The number of hydrogen-bond donors (Lipinski definition) is 2. The number of pyridine rings is 1. The predicted molar refractivity (Wildman–Crippen MR) is 142 cm³/mol. The number of rotatable bonds is 10. The molecule has 0 spiro atoms. The van der Waals surface area contributed by atoms with Crippen molar-refractivity contribution in [2.45, 2.75) is 52.4 Å². The van der Waals surface area contributed by atoms with Gasteiger partial charge in [-0.05, 0) is 56.7 Å². The molecule has 0 saturated heterocycles. The van der Waals surface area contributed by atoms with Crippen molar-refractivity contribution in [3.63, 3.8) is 0 Å². The van der Waals surface area contributed by atoms with Crippen LogP contribution in [0.1, 0.15) is 36.2 Å². The molecule has 3 N–H and O–H groups in total. The Bertz CT molecular complexity index is 1460. The summed E-state index contributed by atoms with van der Waals surface area (Å²) in [5.74, 6) is -2.81. The van der Waals surface area contributed by atoms with E-state index < -0.39 is 35.1 Å². The molecule has 1 aliphatic rings. The zero-order valence-corrected chi connectivity index (χ0v) is 22.7. The number of alkyl halides is 1. The summed E-state index contributed by atoms with van der Waals surface area (Å²) in [7, 11) is 0. The molecule has 0 saturated carbocycles. The first-order valence-corrected chi connectivity index (χ1v) is 12.8. The lowest BCUT2D eigenvalue weighted by Crippen LogP contribution is -2.51. The zero-order chi connectivity index (χ0) is 29.2. The molecule has 3 unspecified atom stereocenters. The molecule has 3 aromatic rings. The number of hydrogen-bond acceptors (Lipinski definition) is 5. The maximum Gasteiger partial charge on any atom is 0.224 e. The summed E-state index contributed by atoms with van der Waals surface area (Å²) >= 11 is 0. The minimum atomic E-state index is -1.77. The number of nitrogens with zero attached hydrogens (tertiary/aromatic N) is 2. The Morgan fingerprint density at radius 3 is 2.52 bits per heavy atom. The summed E-state index contributed by atoms with van der Waals surface area (Å²) < 4.78 is 68.4. The third-order valence-corrected chi connectivity index (χ3v) is 6.73. The van der Waals surface area contributed by atoms with Gasteiger partial charge in [-0.15, -0.1) is 0 Å². The second kappa shape index (κ2) is 11.7. The molecule has 7 nitrogen and oxygen atoms in total. The van der Waals surface area contributed by atoms with Crippen molar-refractivity contribution < 1.29 is 31.8 Å². The Balaban J connectivity index is 1.41. The van der Waals surface area contributed by atoms with Crippen molar-refractivity contribution >= 4 is 11.4 Å². The maximum absolute atomic E-state index is 14.1. The number of nitrogens with one attached hydrogen (secondary N) is 1. The van der Waals surface area contributed by atoms with Gasteiger partial charge in [-0.2, -0.15) is 5.10 Å². The number of fused-ring (bicyclic) bond motifs is 1. The molecule has 0 bridgehead atoms. The van der Waals surface area contributed by atoms with E-state index in [9.17, 15) is 22.4 Å². The average Bonchev–Trinajstić information content (AvgIpc) is 3.20. The predicted octanol–water partition coefficient (Wildman–Crippen LogP) is 4.93. The lowest BCUT2D eigenvalue weighted by atomic mass is 9.97. The third-order valence-electron chi connectivity index (χ3n) is 6.73. The lowest BCUT2D eigenvalue weighted by Gasteiger charge is -2.29. The first kappa shape index (κ1) is 29.1. The molecule has 1 aromatic carbocycles. The van der Waals surface area contributed by atoms with Crippen molar-refractivity contribution in [1.82, 2.24) is 14.9 Å². The number of amides is 1. The minimum absolute atomic E-state index is 0.00705. The highest BCUT2D eigenvalue weighted by molar-refractivity contribution is 5.82. The normalized spacial score (nSPS) is 18.6. The fourth-order valence-electron chi connectivity index (χ4n) is 4.34. The van der Waals surface area contributed by atoms with Crippen LogP contribution in [-0.4, -0.2) is 40.4 Å². The Hall–Kier alpha value is -3.86. The fourth-order valence-corrected chi connectivity index (χ4v) is 4.34. The number of carbonyl (C=O) groups excluding carboxylic acids is 1. The molecule has 0 radical (unpaired) electrons. The molecule has 11 heteroatoms. The van der Waals surface area contributed by atoms with Gasteiger partial charge in [0.2, 0.25) is 11.8 Å². The number of allylic oxidation sites excluding steroid dienone is 4. The Labute approximate surface area is 229 Å². The van der Waals surface area contributed by atoms with Crippen molar-refractivity contribution in [1.29, 1.82) is 0 Å². The molecule has 3 atom stereocenters. The summed E-state index contributed by atoms with van der Waals surface area (Å²) in [4.78, 5) is 12.9. The summed E-state index contributed by atoms with van der Waals surface area (Å²) in [6.07, 6.45) is 0.635. The molecule has 0 fully saturated rings. The van der Waals surface area contributed by atoms with Gasteiger partial charge in [0.25, 0.3) is 0 Å². The molecule has 4 rings (SSSR count). The smallest absolute Gasteiger partial charge is 0.224 e. The SMILES string of the molecule is Cc1cc(OCc2c(F)cccc2F)n2nc(C)c(CC(=O)NCC(C)(N)COC3=CC=C(F)C(F)C3C)c2c1. The van der Waals surface area contributed by atoms with Gasteiger partial charge < -0.3 is 20.5 Å². The number of nitrogens with two attached hydrogens (primary N) is 1. The van der Waals surface area contributed by atoms with E-state index >= 15 is 0 Å². The number of aryl methyl sites for hydroxylation is 2. The van der Waals surface area contributed by atoms with Gasteiger partial charge in [0.05, 0.1) is 34.7 Å². The van der Waals surface area contributed by atoms with Gasteiger partial charge in [-0.1, -0.05) is 13.0 Å². The number of carbonyl (C=O) groups is 1. The first-order chi connectivity index (χ1) is 18.9. The van der Waals surface area contributed by atoms with Crippen LogP contribution < -0.4 is 15.8 Å². The largest absolute Gasteiger partial charge is 0.496 e. The standard InChI is InChI=1S/C29H32F4N4O3/c1-16-10-24-19(18(3)36-37(24)27(11-16)39-13-20-21(30)6-5-7-22(20)31)12-26(38)35-14-29(4,34)15-40-25-9-8-23(32)28(33)17(25)2/h5-11,17,28H,12-15,34H2,1-4H3,(H,35,38). The number of ether oxygens (including phenoxy) is 2. The summed E-state index contributed by atoms with van der Waals surface area (Å²) in [5.41, 5.74) is 7.77. The minimum Gasteiger partial charge on any atom is -0.496 e. The summed E-state index contributed by atoms with van der Waals surface area (Å²) in [6.45, 7) is 6.49. The highest BCUT2D eigenvalue weighted by Gasteiger charge is 2.30.